The molecule has 0 unspecified atom stereocenters. The average Bonchev–Trinajstić information content (AvgIpc) is 2.79. The Morgan fingerprint density at radius 1 is 1.00 bits per heavy atom. The van der Waals surface area contributed by atoms with Crippen molar-refractivity contribution in [1.29, 1.82) is 0 Å². The van der Waals surface area contributed by atoms with Crippen LogP contribution in [0.25, 0.3) is 0 Å². The predicted molar refractivity (Wildman–Crippen MR) is 126 cm³/mol. The summed E-state index contributed by atoms with van der Waals surface area (Å²) in [6, 6.07) is 14.9. The molecule has 1 aliphatic carbocycles. The number of benzene rings is 2. The summed E-state index contributed by atoms with van der Waals surface area (Å²) in [5.41, 5.74) is 2.60. The minimum atomic E-state index is -0.344. The summed E-state index contributed by atoms with van der Waals surface area (Å²) in [6.07, 6.45) is 12.1. The number of ether oxygens (including phenoxy) is 1. The summed E-state index contributed by atoms with van der Waals surface area (Å²) in [6.45, 7) is 2.27. The lowest BCUT2D eigenvalue weighted by molar-refractivity contribution is 0.0734. The van der Waals surface area contributed by atoms with Gasteiger partial charge in [-0.25, -0.2) is 4.79 Å². The highest BCUT2D eigenvalue weighted by Crippen LogP contribution is 2.37. The van der Waals surface area contributed by atoms with E-state index in [2.05, 4.69) is 41.4 Å². The largest absolute Gasteiger partial charge is 0.423 e. The van der Waals surface area contributed by atoms with E-state index >= 15 is 0 Å². The van der Waals surface area contributed by atoms with E-state index in [0.29, 0.717) is 22.9 Å². The van der Waals surface area contributed by atoms with Crippen molar-refractivity contribution in [2.24, 2.45) is 10.9 Å². The van der Waals surface area contributed by atoms with Crippen LogP contribution in [0.2, 0.25) is 0 Å². The van der Waals surface area contributed by atoms with E-state index in [9.17, 15) is 4.79 Å². The van der Waals surface area contributed by atoms with Crippen molar-refractivity contribution in [3.05, 3.63) is 59.7 Å². The van der Waals surface area contributed by atoms with E-state index in [1.165, 1.54) is 63.4 Å². The molecule has 0 amide bonds. The second kappa shape index (κ2) is 11.8. The fraction of sp³-hybridized carbons (Fsp3) is 0.462. The van der Waals surface area contributed by atoms with Gasteiger partial charge in [-0.15, -0.1) is 0 Å². The molecule has 0 aliphatic heterocycles. The van der Waals surface area contributed by atoms with Gasteiger partial charge in [0.1, 0.15) is 5.75 Å². The van der Waals surface area contributed by atoms with E-state index in [0.717, 1.165) is 5.92 Å². The number of isothiocyanates is 1. The third-order valence-electron chi connectivity index (χ3n) is 6.15. The molecule has 0 atom stereocenters. The molecule has 4 heteroatoms. The van der Waals surface area contributed by atoms with Crippen LogP contribution in [0.5, 0.6) is 5.75 Å². The molecule has 2 aromatic carbocycles. The summed E-state index contributed by atoms with van der Waals surface area (Å²) in [5, 5.41) is 2.32. The van der Waals surface area contributed by atoms with E-state index < -0.39 is 0 Å². The smallest absolute Gasteiger partial charge is 0.343 e. The van der Waals surface area contributed by atoms with Gasteiger partial charge in [0.25, 0.3) is 0 Å². The number of hydrogen-bond donors (Lipinski definition) is 0. The predicted octanol–water partition coefficient (Wildman–Crippen LogP) is 7.88. The topological polar surface area (TPSA) is 38.7 Å². The number of carbonyl (C=O) groups excluding carboxylic acids is 1. The number of thiocarbonyl (C=S) groups is 1. The van der Waals surface area contributed by atoms with Crippen molar-refractivity contribution < 1.29 is 9.53 Å². The Bertz CT molecular complexity index is 846. The van der Waals surface area contributed by atoms with Gasteiger partial charge in [-0.05, 0) is 91.7 Å². The lowest BCUT2D eigenvalue weighted by atomic mass is 9.77. The summed E-state index contributed by atoms with van der Waals surface area (Å²) in [4.78, 5) is 16.3. The SMILES string of the molecule is CCCCCCC1CCC(c2ccc(C(=O)Oc3ccc(N=C=S)cc3)cc2)CC1. The van der Waals surface area contributed by atoms with Crippen LogP contribution in [0.1, 0.15) is 86.6 Å². The Balaban J connectivity index is 1.48. The fourth-order valence-corrected chi connectivity index (χ4v) is 4.45. The second-order valence-electron chi connectivity index (χ2n) is 8.28. The van der Waals surface area contributed by atoms with Crippen LogP contribution in [0.4, 0.5) is 5.69 Å². The number of unbranched alkanes of at least 4 members (excludes halogenated alkanes) is 3. The molecular formula is C26H31NO2S. The quantitative estimate of drug-likeness (QED) is 0.136. The molecule has 1 aliphatic rings. The number of nitrogens with zero attached hydrogens (tertiary/aromatic N) is 1. The normalized spacial score (nSPS) is 18.4. The molecule has 3 nitrogen and oxygen atoms in total. The van der Waals surface area contributed by atoms with Gasteiger partial charge in [0.05, 0.1) is 16.4 Å². The Morgan fingerprint density at radius 2 is 1.70 bits per heavy atom. The van der Waals surface area contributed by atoms with Gasteiger partial charge < -0.3 is 4.74 Å². The molecule has 0 bridgehead atoms. The Morgan fingerprint density at radius 3 is 2.33 bits per heavy atom. The zero-order valence-corrected chi connectivity index (χ0v) is 18.6. The zero-order chi connectivity index (χ0) is 21.2. The number of aliphatic imine (C=N–C) groups is 1. The monoisotopic (exact) mass is 421 g/mol. The number of esters is 1. The van der Waals surface area contributed by atoms with E-state index in [1.54, 1.807) is 24.3 Å². The van der Waals surface area contributed by atoms with Crippen molar-refractivity contribution in [3.8, 4) is 5.75 Å². The number of hydrogen-bond acceptors (Lipinski definition) is 4. The van der Waals surface area contributed by atoms with Crippen molar-refractivity contribution in [2.45, 2.75) is 70.6 Å². The van der Waals surface area contributed by atoms with E-state index in [-0.39, 0.29) is 5.97 Å². The van der Waals surface area contributed by atoms with Gasteiger partial charge in [0.15, 0.2) is 0 Å². The zero-order valence-electron chi connectivity index (χ0n) is 17.8. The summed E-state index contributed by atoms with van der Waals surface area (Å²) in [7, 11) is 0. The minimum Gasteiger partial charge on any atom is -0.423 e. The highest BCUT2D eigenvalue weighted by atomic mass is 32.1. The molecular weight excluding hydrogens is 390 g/mol. The van der Waals surface area contributed by atoms with Crippen LogP contribution >= 0.6 is 12.2 Å². The average molecular weight is 422 g/mol. The maximum atomic E-state index is 12.4. The van der Waals surface area contributed by atoms with Gasteiger partial charge in [-0.1, -0.05) is 51.2 Å². The Hall–Kier alpha value is -2.29. The van der Waals surface area contributed by atoms with Crippen molar-refractivity contribution in [1.82, 2.24) is 0 Å². The molecule has 158 valence electrons. The first-order valence-corrected chi connectivity index (χ1v) is 11.6. The van der Waals surface area contributed by atoms with Gasteiger partial charge in [-0.2, -0.15) is 4.99 Å². The molecule has 30 heavy (non-hydrogen) atoms. The van der Waals surface area contributed by atoms with Gasteiger partial charge in [0.2, 0.25) is 0 Å². The molecule has 0 heterocycles. The maximum Gasteiger partial charge on any atom is 0.343 e. The van der Waals surface area contributed by atoms with E-state index in [4.69, 9.17) is 4.74 Å². The maximum absolute atomic E-state index is 12.4. The Kier molecular flexibility index (Phi) is 8.80. The molecule has 0 spiro atoms. The molecule has 3 rings (SSSR count). The van der Waals surface area contributed by atoms with Crippen LogP contribution in [0, 0.1) is 5.92 Å². The molecule has 1 fully saturated rings. The highest BCUT2D eigenvalue weighted by molar-refractivity contribution is 7.78. The Labute approximate surface area is 185 Å². The van der Waals surface area contributed by atoms with Gasteiger partial charge >= 0.3 is 5.97 Å². The first-order valence-electron chi connectivity index (χ1n) is 11.2. The molecule has 0 saturated heterocycles. The van der Waals surface area contributed by atoms with Crippen LogP contribution in [0.15, 0.2) is 53.5 Å². The fourth-order valence-electron chi connectivity index (χ4n) is 4.34. The van der Waals surface area contributed by atoms with E-state index in [1.807, 2.05) is 12.1 Å². The number of rotatable bonds is 9. The molecule has 0 N–H and O–H groups in total. The van der Waals surface area contributed by atoms with Crippen molar-refractivity contribution in [2.75, 3.05) is 0 Å². The van der Waals surface area contributed by atoms with Crippen LogP contribution in [0.3, 0.4) is 0 Å². The van der Waals surface area contributed by atoms with Crippen LogP contribution < -0.4 is 4.74 Å². The highest BCUT2D eigenvalue weighted by Gasteiger charge is 2.22. The first kappa shape index (κ1) is 22.4. The third kappa shape index (κ3) is 6.62. The lowest BCUT2D eigenvalue weighted by Gasteiger charge is -2.29. The lowest BCUT2D eigenvalue weighted by Crippen LogP contribution is -2.14. The minimum absolute atomic E-state index is 0.344. The van der Waals surface area contributed by atoms with Crippen molar-refractivity contribution >= 4 is 29.0 Å². The summed E-state index contributed by atoms with van der Waals surface area (Å²) < 4.78 is 5.46. The van der Waals surface area contributed by atoms with Gasteiger partial charge in [-0.3, -0.25) is 0 Å². The second-order valence-corrected chi connectivity index (χ2v) is 8.46. The standard InChI is InChI=1S/C26H31NO2S/c1-2-3-4-5-6-20-7-9-21(10-8-20)22-11-13-23(14-12-22)26(28)29-25-17-15-24(16-18-25)27-19-30/h11-18,20-21H,2-10H2,1H3. The third-order valence-corrected chi connectivity index (χ3v) is 6.24. The molecule has 1 saturated carbocycles. The number of carbonyl (C=O) groups is 1. The van der Waals surface area contributed by atoms with Gasteiger partial charge in [0, 0.05) is 0 Å². The summed E-state index contributed by atoms with van der Waals surface area (Å²) >= 11 is 4.59. The molecule has 0 radical (unpaired) electrons. The summed E-state index contributed by atoms with van der Waals surface area (Å²) in [5.74, 6) is 1.68. The van der Waals surface area contributed by atoms with Crippen molar-refractivity contribution in [3.63, 3.8) is 0 Å². The first-order chi connectivity index (χ1) is 14.7. The van der Waals surface area contributed by atoms with Crippen LogP contribution in [-0.2, 0) is 0 Å². The molecule has 0 aromatic heterocycles. The molecule has 2 aromatic rings. The van der Waals surface area contributed by atoms with Crippen LogP contribution in [-0.4, -0.2) is 11.1 Å².